The van der Waals surface area contributed by atoms with Crippen LogP contribution in [0.25, 0.3) is 0 Å². The molecule has 0 radical (unpaired) electrons. The molecule has 0 aromatic heterocycles. The summed E-state index contributed by atoms with van der Waals surface area (Å²) >= 11 is 0. The first-order chi connectivity index (χ1) is 10.3. The minimum absolute atomic E-state index is 0.0584. The van der Waals surface area contributed by atoms with Crippen LogP contribution < -0.4 is 0 Å². The van der Waals surface area contributed by atoms with Crippen molar-refractivity contribution in [3.63, 3.8) is 0 Å². The summed E-state index contributed by atoms with van der Waals surface area (Å²) in [7, 11) is 0. The lowest BCUT2D eigenvalue weighted by Gasteiger charge is -2.39. The Morgan fingerprint density at radius 2 is 1.59 bits per heavy atom. The van der Waals surface area contributed by atoms with E-state index in [0.717, 1.165) is 0 Å². The summed E-state index contributed by atoms with van der Waals surface area (Å²) in [6, 6.07) is 0. The van der Waals surface area contributed by atoms with E-state index in [1.54, 1.807) is 0 Å². The highest BCUT2D eigenvalue weighted by Gasteiger charge is 2.47. The molecule has 0 spiro atoms. The fourth-order valence-corrected chi connectivity index (χ4v) is 2.01. The summed E-state index contributed by atoms with van der Waals surface area (Å²) in [5, 5.41) is 0. The number of ether oxygens (including phenoxy) is 5. The molecule has 0 aromatic carbocycles. The summed E-state index contributed by atoms with van der Waals surface area (Å²) in [5.41, 5.74) is 0. The number of hydrogen-bond donors (Lipinski definition) is 0. The SMILES string of the molecule is C=CCO[C@H]1OC[C@@H](OC(C)=O)[C@H](OC(C)=O)[C@H]1OC(C)=O. The lowest BCUT2D eigenvalue weighted by atomic mass is 10.0. The molecule has 1 saturated heterocycles. The van der Waals surface area contributed by atoms with Crippen LogP contribution in [0.3, 0.4) is 0 Å². The van der Waals surface area contributed by atoms with Gasteiger partial charge in [-0.25, -0.2) is 0 Å². The quantitative estimate of drug-likeness (QED) is 0.393. The maximum atomic E-state index is 11.3. The molecule has 0 aliphatic carbocycles. The number of hydrogen-bond acceptors (Lipinski definition) is 8. The normalized spacial score (nSPS) is 27.6. The lowest BCUT2D eigenvalue weighted by molar-refractivity contribution is -0.278. The van der Waals surface area contributed by atoms with Crippen molar-refractivity contribution < 1.29 is 38.1 Å². The van der Waals surface area contributed by atoms with Gasteiger partial charge in [-0.05, 0) is 0 Å². The second kappa shape index (κ2) is 8.50. The first kappa shape index (κ1) is 18.1. The molecular weight excluding hydrogens is 296 g/mol. The highest BCUT2D eigenvalue weighted by atomic mass is 16.7. The number of esters is 3. The van der Waals surface area contributed by atoms with E-state index in [4.69, 9.17) is 23.7 Å². The van der Waals surface area contributed by atoms with Crippen molar-refractivity contribution in [2.24, 2.45) is 0 Å². The van der Waals surface area contributed by atoms with E-state index in [2.05, 4.69) is 6.58 Å². The standard InChI is InChI=1S/C14H20O8/c1-5-6-18-14-13(22-10(4)17)12(21-9(3)16)11(7-19-14)20-8(2)15/h5,11-14H,1,6-7H2,2-4H3/t11-,12+,13-,14+/m1/s1. The fraction of sp³-hybridized carbons (Fsp3) is 0.643. The van der Waals surface area contributed by atoms with Gasteiger partial charge in [0.2, 0.25) is 0 Å². The molecular formula is C14H20O8. The van der Waals surface area contributed by atoms with E-state index >= 15 is 0 Å². The highest BCUT2D eigenvalue weighted by Crippen LogP contribution is 2.25. The van der Waals surface area contributed by atoms with Gasteiger partial charge in [0.15, 0.2) is 24.6 Å². The Hall–Kier alpha value is -1.93. The summed E-state index contributed by atoms with van der Waals surface area (Å²) < 4.78 is 26.1. The molecule has 1 heterocycles. The average molecular weight is 316 g/mol. The fourth-order valence-electron chi connectivity index (χ4n) is 2.01. The van der Waals surface area contributed by atoms with Crippen LogP contribution in [-0.4, -0.2) is 55.7 Å². The Bertz CT molecular complexity index is 433. The van der Waals surface area contributed by atoms with Gasteiger partial charge in [-0.15, -0.1) is 6.58 Å². The largest absolute Gasteiger partial charge is 0.456 e. The molecule has 0 aromatic rings. The van der Waals surface area contributed by atoms with Crippen molar-refractivity contribution in [1.29, 1.82) is 0 Å². The molecule has 1 aliphatic heterocycles. The molecule has 8 nitrogen and oxygen atoms in total. The molecule has 8 heteroatoms. The van der Waals surface area contributed by atoms with Gasteiger partial charge in [-0.2, -0.15) is 0 Å². The van der Waals surface area contributed by atoms with Crippen LogP contribution in [-0.2, 0) is 38.1 Å². The van der Waals surface area contributed by atoms with E-state index < -0.39 is 42.5 Å². The van der Waals surface area contributed by atoms with E-state index in [9.17, 15) is 14.4 Å². The van der Waals surface area contributed by atoms with E-state index in [0.29, 0.717) is 0 Å². The Balaban J connectivity index is 2.97. The van der Waals surface area contributed by atoms with Gasteiger partial charge in [0.1, 0.15) is 0 Å². The third-order valence-corrected chi connectivity index (χ3v) is 2.68. The van der Waals surface area contributed by atoms with Gasteiger partial charge >= 0.3 is 17.9 Å². The molecule has 0 amide bonds. The van der Waals surface area contributed by atoms with Crippen LogP contribution in [0.1, 0.15) is 20.8 Å². The molecule has 22 heavy (non-hydrogen) atoms. The Kier molecular flexibility index (Phi) is 7.00. The number of rotatable bonds is 6. The predicted octanol–water partition coefficient (Wildman–Crippen LogP) is 0.340. The maximum Gasteiger partial charge on any atom is 0.303 e. The zero-order chi connectivity index (χ0) is 16.7. The topological polar surface area (TPSA) is 97.4 Å². The minimum atomic E-state index is -1.06. The van der Waals surface area contributed by atoms with Gasteiger partial charge in [0.25, 0.3) is 0 Å². The Morgan fingerprint density at radius 3 is 2.09 bits per heavy atom. The van der Waals surface area contributed by atoms with E-state index in [-0.39, 0.29) is 13.2 Å². The van der Waals surface area contributed by atoms with Crippen molar-refractivity contribution in [2.45, 2.75) is 45.4 Å². The molecule has 124 valence electrons. The van der Waals surface area contributed by atoms with Crippen LogP contribution in [0.15, 0.2) is 12.7 Å². The molecule has 1 aliphatic rings. The van der Waals surface area contributed by atoms with Gasteiger partial charge in [0.05, 0.1) is 13.2 Å². The molecule has 0 saturated carbocycles. The molecule has 0 N–H and O–H groups in total. The summed E-state index contributed by atoms with van der Waals surface area (Å²) in [6.45, 7) is 7.21. The Morgan fingerprint density at radius 1 is 1.05 bits per heavy atom. The van der Waals surface area contributed by atoms with Gasteiger partial charge in [-0.1, -0.05) is 6.08 Å². The van der Waals surface area contributed by atoms with E-state index in [1.165, 1.54) is 26.8 Å². The predicted molar refractivity (Wildman–Crippen MR) is 72.6 cm³/mol. The van der Waals surface area contributed by atoms with Crippen molar-refractivity contribution in [3.05, 3.63) is 12.7 Å². The zero-order valence-corrected chi connectivity index (χ0v) is 12.8. The average Bonchev–Trinajstić information content (AvgIpc) is 2.40. The van der Waals surface area contributed by atoms with Crippen molar-refractivity contribution in [3.8, 4) is 0 Å². The van der Waals surface area contributed by atoms with Crippen molar-refractivity contribution in [1.82, 2.24) is 0 Å². The third-order valence-electron chi connectivity index (χ3n) is 2.68. The van der Waals surface area contributed by atoms with Crippen LogP contribution in [0.2, 0.25) is 0 Å². The second-order valence-electron chi connectivity index (χ2n) is 4.62. The van der Waals surface area contributed by atoms with Crippen molar-refractivity contribution in [2.75, 3.05) is 13.2 Å². The molecule has 0 bridgehead atoms. The van der Waals surface area contributed by atoms with Crippen LogP contribution in [0.5, 0.6) is 0 Å². The summed E-state index contributed by atoms with van der Waals surface area (Å²) in [5.74, 6) is -1.79. The van der Waals surface area contributed by atoms with Gasteiger partial charge < -0.3 is 23.7 Å². The number of carbonyl (C=O) groups is 3. The van der Waals surface area contributed by atoms with Crippen molar-refractivity contribution >= 4 is 17.9 Å². The zero-order valence-electron chi connectivity index (χ0n) is 12.8. The first-order valence-electron chi connectivity index (χ1n) is 6.71. The Labute approximate surface area is 128 Å². The summed E-state index contributed by atoms with van der Waals surface area (Å²) in [4.78, 5) is 33.7. The monoisotopic (exact) mass is 316 g/mol. The molecule has 0 unspecified atom stereocenters. The van der Waals surface area contributed by atoms with Gasteiger partial charge in [-0.3, -0.25) is 14.4 Å². The van der Waals surface area contributed by atoms with Crippen LogP contribution >= 0.6 is 0 Å². The molecule has 1 fully saturated rings. The highest BCUT2D eigenvalue weighted by molar-refractivity contribution is 5.68. The smallest absolute Gasteiger partial charge is 0.303 e. The lowest BCUT2D eigenvalue weighted by Crippen LogP contribution is -2.58. The third kappa shape index (κ3) is 5.45. The summed E-state index contributed by atoms with van der Waals surface area (Å²) in [6.07, 6.45) is -2.44. The minimum Gasteiger partial charge on any atom is -0.456 e. The van der Waals surface area contributed by atoms with Gasteiger partial charge in [0, 0.05) is 20.8 Å². The second-order valence-corrected chi connectivity index (χ2v) is 4.62. The number of carbonyl (C=O) groups excluding carboxylic acids is 3. The first-order valence-corrected chi connectivity index (χ1v) is 6.71. The maximum absolute atomic E-state index is 11.3. The van der Waals surface area contributed by atoms with Crippen LogP contribution in [0.4, 0.5) is 0 Å². The molecule has 1 rings (SSSR count). The molecule has 4 atom stereocenters. The van der Waals surface area contributed by atoms with E-state index in [1.807, 2.05) is 0 Å². The van der Waals surface area contributed by atoms with Crippen LogP contribution in [0, 0.1) is 0 Å².